The first kappa shape index (κ1) is 15.7. The van der Waals surface area contributed by atoms with Gasteiger partial charge in [0.1, 0.15) is 24.4 Å². The summed E-state index contributed by atoms with van der Waals surface area (Å²) in [5.74, 6) is 0. The van der Waals surface area contributed by atoms with Gasteiger partial charge in [-0.15, -0.1) is 0 Å². The summed E-state index contributed by atoms with van der Waals surface area (Å²) in [6, 6.07) is 0. The second kappa shape index (κ2) is 7.87. The van der Waals surface area contributed by atoms with Crippen LogP contribution in [0.1, 0.15) is 0 Å². The molecule has 0 aromatic rings. The molecule has 0 rings (SSSR count). The third-order valence-corrected chi connectivity index (χ3v) is 1.93. The van der Waals surface area contributed by atoms with Crippen LogP contribution in [0.3, 0.4) is 0 Å². The molecule has 0 aliphatic carbocycles. The lowest BCUT2D eigenvalue weighted by molar-refractivity contribution is -0.195. The van der Waals surface area contributed by atoms with Gasteiger partial charge in [0.25, 0.3) is 0 Å². The molecule has 0 bridgehead atoms. The molecule has 0 aliphatic heterocycles. The highest BCUT2D eigenvalue weighted by Crippen LogP contribution is 2.03. The molecule has 0 fully saturated rings. The van der Waals surface area contributed by atoms with Crippen molar-refractivity contribution in [2.24, 2.45) is 0 Å². The predicted octanol–water partition coefficient (Wildman–Crippen LogP) is -4.25. The molecular formula is C8H18O8. The first-order chi connectivity index (χ1) is 7.43. The molecule has 0 aromatic carbocycles. The third-order valence-electron chi connectivity index (χ3n) is 1.93. The molecule has 5 atom stereocenters. The summed E-state index contributed by atoms with van der Waals surface area (Å²) in [6.45, 7) is -2.03. The smallest absolute Gasteiger partial charge is 0.183 e. The van der Waals surface area contributed by atoms with E-state index < -0.39 is 50.5 Å². The van der Waals surface area contributed by atoms with E-state index in [1.54, 1.807) is 0 Å². The Kier molecular flexibility index (Phi) is 7.72. The van der Waals surface area contributed by atoms with E-state index in [2.05, 4.69) is 4.74 Å². The van der Waals surface area contributed by atoms with E-state index in [9.17, 15) is 5.11 Å². The van der Waals surface area contributed by atoms with E-state index >= 15 is 0 Å². The lowest BCUT2D eigenvalue weighted by Gasteiger charge is -2.23. The summed E-state index contributed by atoms with van der Waals surface area (Å²) < 4.78 is 4.52. The summed E-state index contributed by atoms with van der Waals surface area (Å²) in [7, 11) is 0. The Morgan fingerprint density at radius 2 is 1.25 bits per heavy atom. The molecule has 0 spiro atoms. The topological polar surface area (TPSA) is 151 Å². The van der Waals surface area contributed by atoms with E-state index in [4.69, 9.17) is 30.6 Å². The van der Waals surface area contributed by atoms with Crippen molar-refractivity contribution in [2.45, 2.75) is 30.7 Å². The summed E-state index contributed by atoms with van der Waals surface area (Å²) in [5.41, 5.74) is 0. The molecule has 5 unspecified atom stereocenters. The van der Waals surface area contributed by atoms with Gasteiger partial charge in [-0.3, -0.25) is 0 Å². The molecule has 16 heavy (non-hydrogen) atoms. The fourth-order valence-electron chi connectivity index (χ4n) is 0.861. The average molecular weight is 242 g/mol. The van der Waals surface area contributed by atoms with Gasteiger partial charge in [0, 0.05) is 0 Å². The van der Waals surface area contributed by atoms with Crippen LogP contribution in [-0.4, -0.2) is 86.3 Å². The highest BCUT2D eigenvalue weighted by atomic mass is 16.6. The van der Waals surface area contributed by atoms with Gasteiger partial charge in [0.05, 0.1) is 19.8 Å². The van der Waals surface area contributed by atoms with E-state index in [0.29, 0.717) is 0 Å². The first-order valence-corrected chi connectivity index (χ1v) is 4.67. The molecular weight excluding hydrogens is 224 g/mol. The largest absolute Gasteiger partial charge is 0.394 e. The Balaban J connectivity index is 3.92. The maximum absolute atomic E-state index is 9.22. The minimum Gasteiger partial charge on any atom is -0.394 e. The van der Waals surface area contributed by atoms with Gasteiger partial charge in [-0.1, -0.05) is 0 Å². The Morgan fingerprint density at radius 3 is 1.69 bits per heavy atom. The number of hydrogen-bond acceptors (Lipinski definition) is 8. The maximum Gasteiger partial charge on any atom is 0.183 e. The molecule has 98 valence electrons. The minimum atomic E-state index is -1.71. The summed E-state index contributed by atoms with van der Waals surface area (Å²) in [4.78, 5) is 0. The molecule has 0 radical (unpaired) electrons. The van der Waals surface area contributed by atoms with Crippen LogP contribution in [0.25, 0.3) is 0 Å². The van der Waals surface area contributed by atoms with Gasteiger partial charge < -0.3 is 40.5 Å². The number of aliphatic hydroxyl groups excluding tert-OH is 7. The Bertz CT molecular complexity index is 177. The molecule has 0 amide bonds. The van der Waals surface area contributed by atoms with Crippen LogP contribution >= 0.6 is 0 Å². The fourth-order valence-corrected chi connectivity index (χ4v) is 0.861. The zero-order valence-electron chi connectivity index (χ0n) is 8.55. The van der Waals surface area contributed by atoms with Crippen LogP contribution in [-0.2, 0) is 4.74 Å². The number of aliphatic hydroxyl groups is 7. The van der Waals surface area contributed by atoms with Gasteiger partial charge in [0.15, 0.2) is 6.29 Å². The second-order valence-electron chi connectivity index (χ2n) is 3.28. The fraction of sp³-hybridized carbons (Fsp3) is 1.00. The number of ether oxygens (including phenoxy) is 1. The van der Waals surface area contributed by atoms with Crippen molar-refractivity contribution in [2.75, 3.05) is 19.8 Å². The molecule has 0 aliphatic rings. The average Bonchev–Trinajstić information content (AvgIpc) is 2.32. The Morgan fingerprint density at radius 1 is 0.750 bits per heavy atom. The SMILES string of the molecule is OCC(O)C(O)OCC(O)C(O)C(O)CO. The zero-order chi connectivity index (χ0) is 12.7. The molecule has 0 saturated heterocycles. The number of rotatable bonds is 8. The Hall–Kier alpha value is -0.320. The molecule has 0 heterocycles. The van der Waals surface area contributed by atoms with Crippen LogP contribution in [0.15, 0.2) is 0 Å². The van der Waals surface area contributed by atoms with Crippen molar-refractivity contribution in [3.63, 3.8) is 0 Å². The van der Waals surface area contributed by atoms with Crippen molar-refractivity contribution >= 4 is 0 Å². The lowest BCUT2D eigenvalue weighted by Crippen LogP contribution is -2.43. The standard InChI is InChI=1S/C8H18O8/c9-1-4(11)7(14)6(13)3-16-8(15)5(12)2-10/h4-15H,1-3H2. The highest BCUT2D eigenvalue weighted by molar-refractivity contribution is 4.74. The van der Waals surface area contributed by atoms with Gasteiger partial charge in [-0.2, -0.15) is 0 Å². The van der Waals surface area contributed by atoms with Crippen LogP contribution in [0.2, 0.25) is 0 Å². The van der Waals surface area contributed by atoms with Crippen molar-refractivity contribution in [1.82, 2.24) is 0 Å². The van der Waals surface area contributed by atoms with Gasteiger partial charge >= 0.3 is 0 Å². The van der Waals surface area contributed by atoms with Crippen molar-refractivity contribution in [1.29, 1.82) is 0 Å². The second-order valence-corrected chi connectivity index (χ2v) is 3.28. The quantitative estimate of drug-likeness (QED) is 0.211. The third kappa shape index (κ3) is 5.14. The number of hydrogen-bond donors (Lipinski definition) is 7. The molecule has 0 aromatic heterocycles. The van der Waals surface area contributed by atoms with E-state index in [1.807, 2.05) is 0 Å². The van der Waals surface area contributed by atoms with Crippen LogP contribution < -0.4 is 0 Å². The monoisotopic (exact) mass is 242 g/mol. The molecule has 7 N–H and O–H groups in total. The van der Waals surface area contributed by atoms with Crippen LogP contribution in [0.5, 0.6) is 0 Å². The van der Waals surface area contributed by atoms with E-state index in [-0.39, 0.29) is 0 Å². The van der Waals surface area contributed by atoms with Crippen molar-refractivity contribution in [3.05, 3.63) is 0 Å². The normalized spacial score (nSPS) is 21.2. The van der Waals surface area contributed by atoms with Gasteiger partial charge in [-0.25, -0.2) is 0 Å². The van der Waals surface area contributed by atoms with Crippen LogP contribution in [0, 0.1) is 0 Å². The highest BCUT2D eigenvalue weighted by Gasteiger charge is 2.26. The molecule has 0 saturated carbocycles. The van der Waals surface area contributed by atoms with Gasteiger partial charge in [-0.05, 0) is 0 Å². The summed E-state index contributed by atoms with van der Waals surface area (Å²) >= 11 is 0. The first-order valence-electron chi connectivity index (χ1n) is 4.67. The van der Waals surface area contributed by atoms with E-state index in [1.165, 1.54) is 0 Å². The van der Waals surface area contributed by atoms with Crippen molar-refractivity contribution in [3.8, 4) is 0 Å². The predicted molar refractivity (Wildman–Crippen MR) is 50.2 cm³/mol. The van der Waals surface area contributed by atoms with Crippen LogP contribution in [0.4, 0.5) is 0 Å². The Labute approximate surface area is 92.0 Å². The van der Waals surface area contributed by atoms with Crippen molar-refractivity contribution < 1.29 is 40.5 Å². The van der Waals surface area contributed by atoms with Gasteiger partial charge in [0.2, 0.25) is 0 Å². The summed E-state index contributed by atoms with van der Waals surface area (Å²) in [5, 5.41) is 62.1. The molecule has 8 nitrogen and oxygen atoms in total. The zero-order valence-corrected chi connectivity index (χ0v) is 8.55. The maximum atomic E-state index is 9.22. The molecule has 8 heteroatoms. The lowest BCUT2D eigenvalue weighted by atomic mass is 10.1. The minimum absolute atomic E-state index is 0.573. The summed E-state index contributed by atoms with van der Waals surface area (Å²) in [6.07, 6.45) is -7.94. The van der Waals surface area contributed by atoms with E-state index in [0.717, 1.165) is 0 Å².